The van der Waals surface area contributed by atoms with Gasteiger partial charge in [-0.3, -0.25) is 4.79 Å². The van der Waals surface area contributed by atoms with E-state index >= 15 is 0 Å². The van der Waals surface area contributed by atoms with Gasteiger partial charge in [0.15, 0.2) is 0 Å². The summed E-state index contributed by atoms with van der Waals surface area (Å²) in [5.74, 6) is 0.665. The van der Waals surface area contributed by atoms with Crippen LogP contribution in [0.25, 0.3) is 22.2 Å². The van der Waals surface area contributed by atoms with Gasteiger partial charge in [-0.05, 0) is 101 Å². The zero-order chi connectivity index (χ0) is 29.4. The summed E-state index contributed by atoms with van der Waals surface area (Å²) in [5, 5.41) is 1.25. The Balaban J connectivity index is 1.74. The lowest BCUT2D eigenvalue weighted by Crippen LogP contribution is -2.48. The van der Waals surface area contributed by atoms with Gasteiger partial charge in [0.2, 0.25) is 0 Å². The zero-order valence-corrected chi connectivity index (χ0v) is 26.5. The molecule has 2 aromatic carbocycles. The van der Waals surface area contributed by atoms with Crippen LogP contribution in [0, 0.1) is 16.2 Å². The Morgan fingerprint density at radius 1 is 0.769 bits per heavy atom. The molecule has 0 fully saturated rings. The van der Waals surface area contributed by atoms with Gasteiger partial charge in [0.1, 0.15) is 17.0 Å². The van der Waals surface area contributed by atoms with Gasteiger partial charge in [0.05, 0.1) is 5.41 Å². The molecule has 0 saturated carbocycles. The molecule has 0 amide bonds. The van der Waals surface area contributed by atoms with Gasteiger partial charge < -0.3 is 14.0 Å². The van der Waals surface area contributed by atoms with Crippen molar-refractivity contribution >= 4 is 16.9 Å². The average molecular weight is 534 g/mol. The van der Waals surface area contributed by atoms with Gasteiger partial charge >= 0.3 is 5.97 Å². The van der Waals surface area contributed by atoms with Crippen LogP contribution in [-0.4, -0.2) is 21.7 Å². The lowest BCUT2D eigenvalue weighted by atomic mass is 9.61. The van der Waals surface area contributed by atoms with E-state index in [0.29, 0.717) is 6.42 Å². The molecule has 0 aliphatic heterocycles. The molecule has 3 aromatic rings. The van der Waals surface area contributed by atoms with Gasteiger partial charge in [-0.1, -0.05) is 59.7 Å². The molecular weight excluding hydrogens is 482 g/mol. The number of benzene rings is 2. The highest BCUT2D eigenvalue weighted by Crippen LogP contribution is 2.48. The molecular formula is C35H51NO3. The molecule has 0 N–H and O–H groups in total. The van der Waals surface area contributed by atoms with Crippen LogP contribution in [0.1, 0.15) is 95.9 Å². The second-order valence-electron chi connectivity index (χ2n) is 14.9. The van der Waals surface area contributed by atoms with Gasteiger partial charge in [-0.15, -0.1) is 0 Å². The van der Waals surface area contributed by atoms with Crippen molar-refractivity contribution in [1.82, 2.24) is 4.57 Å². The van der Waals surface area contributed by atoms with E-state index in [9.17, 15) is 4.79 Å². The van der Waals surface area contributed by atoms with E-state index < -0.39 is 16.6 Å². The van der Waals surface area contributed by atoms with Crippen molar-refractivity contribution in [1.29, 1.82) is 0 Å². The van der Waals surface area contributed by atoms with E-state index in [4.69, 9.17) is 9.47 Å². The molecule has 1 unspecified atom stereocenters. The molecule has 0 bridgehead atoms. The van der Waals surface area contributed by atoms with Crippen molar-refractivity contribution in [3.63, 3.8) is 0 Å². The highest BCUT2D eigenvalue weighted by Gasteiger charge is 2.49. The third kappa shape index (κ3) is 7.26. The Labute approximate surface area is 237 Å². The topological polar surface area (TPSA) is 40.5 Å². The van der Waals surface area contributed by atoms with Crippen LogP contribution in [0.2, 0.25) is 0 Å². The molecule has 1 heterocycles. The molecule has 0 spiro atoms. The van der Waals surface area contributed by atoms with E-state index in [0.717, 1.165) is 24.3 Å². The Morgan fingerprint density at radius 3 is 1.90 bits per heavy atom. The Hall–Kier alpha value is -2.75. The van der Waals surface area contributed by atoms with Crippen molar-refractivity contribution in [3.05, 3.63) is 54.6 Å². The smallest absolute Gasteiger partial charge is 0.312 e. The van der Waals surface area contributed by atoms with Crippen LogP contribution in [0.5, 0.6) is 5.75 Å². The van der Waals surface area contributed by atoms with E-state index in [2.05, 4.69) is 116 Å². The summed E-state index contributed by atoms with van der Waals surface area (Å²) in [6.07, 6.45) is 1.31. The van der Waals surface area contributed by atoms with Gasteiger partial charge in [-0.2, -0.15) is 0 Å². The molecule has 0 saturated heterocycles. The molecule has 1 aromatic heterocycles. The standard InChI is InChI=1S/C35H51NO3/c1-13-36-28-17-15-14-16-26(28)22-29(36)25-18-20-27(21-19-25)38-33(8,9)24-34(10,11)39-30(37)35(12,32(5,6)7)23-31(2,3)4/h14-22H,13,23-24H2,1-12H3. The van der Waals surface area contributed by atoms with Crippen LogP contribution in [0.15, 0.2) is 54.6 Å². The van der Waals surface area contributed by atoms with Gasteiger partial charge in [0.25, 0.3) is 0 Å². The van der Waals surface area contributed by atoms with Crippen LogP contribution < -0.4 is 4.74 Å². The first-order chi connectivity index (χ1) is 17.8. The predicted molar refractivity (Wildman–Crippen MR) is 164 cm³/mol. The maximum atomic E-state index is 13.7. The van der Waals surface area contributed by atoms with Crippen LogP contribution in [-0.2, 0) is 16.1 Å². The minimum Gasteiger partial charge on any atom is -0.488 e. The van der Waals surface area contributed by atoms with Crippen molar-refractivity contribution in [2.24, 2.45) is 16.2 Å². The zero-order valence-electron chi connectivity index (χ0n) is 26.5. The van der Waals surface area contributed by atoms with E-state index in [1.807, 2.05) is 26.0 Å². The van der Waals surface area contributed by atoms with Crippen molar-refractivity contribution in [2.45, 2.75) is 114 Å². The molecule has 0 aliphatic rings. The monoisotopic (exact) mass is 533 g/mol. The fraction of sp³-hybridized carbons (Fsp3) is 0.571. The highest BCUT2D eigenvalue weighted by atomic mass is 16.6. The number of ether oxygens (including phenoxy) is 2. The van der Waals surface area contributed by atoms with Gasteiger partial charge in [0, 0.05) is 29.6 Å². The fourth-order valence-electron chi connectivity index (χ4n) is 5.97. The molecule has 1 atom stereocenters. The molecule has 214 valence electrons. The third-order valence-corrected chi connectivity index (χ3v) is 7.88. The van der Waals surface area contributed by atoms with Crippen LogP contribution in [0.3, 0.4) is 0 Å². The molecule has 0 radical (unpaired) electrons. The number of carbonyl (C=O) groups is 1. The lowest BCUT2D eigenvalue weighted by Gasteiger charge is -2.45. The summed E-state index contributed by atoms with van der Waals surface area (Å²) in [7, 11) is 0. The van der Waals surface area contributed by atoms with Crippen molar-refractivity contribution in [3.8, 4) is 17.0 Å². The van der Waals surface area contributed by atoms with Gasteiger partial charge in [-0.25, -0.2) is 0 Å². The maximum absolute atomic E-state index is 13.7. The Morgan fingerprint density at radius 2 is 1.36 bits per heavy atom. The molecule has 0 aliphatic carbocycles. The first-order valence-electron chi connectivity index (χ1n) is 14.4. The molecule has 3 rings (SSSR count). The Kier molecular flexibility index (Phi) is 8.42. The summed E-state index contributed by atoms with van der Waals surface area (Å²) in [6.45, 7) is 26.2. The number of para-hydroxylation sites is 1. The van der Waals surface area contributed by atoms with Crippen LogP contribution in [0.4, 0.5) is 0 Å². The van der Waals surface area contributed by atoms with E-state index in [1.54, 1.807) is 0 Å². The summed E-state index contributed by atoms with van der Waals surface area (Å²) in [6, 6.07) is 19.1. The maximum Gasteiger partial charge on any atom is 0.312 e. The molecule has 4 nitrogen and oxygen atoms in total. The van der Waals surface area contributed by atoms with Crippen LogP contribution >= 0.6 is 0 Å². The number of carbonyl (C=O) groups excluding carboxylic acids is 1. The summed E-state index contributed by atoms with van der Waals surface area (Å²) in [5.41, 5.74) is 1.56. The summed E-state index contributed by atoms with van der Waals surface area (Å²) in [4.78, 5) is 13.7. The summed E-state index contributed by atoms with van der Waals surface area (Å²) >= 11 is 0. The number of fused-ring (bicyclic) bond motifs is 1. The Bertz CT molecular complexity index is 1280. The predicted octanol–water partition coefficient (Wildman–Crippen LogP) is 9.69. The number of hydrogen-bond donors (Lipinski definition) is 0. The first-order valence-corrected chi connectivity index (χ1v) is 14.4. The largest absolute Gasteiger partial charge is 0.488 e. The van der Waals surface area contributed by atoms with Crippen molar-refractivity contribution < 1.29 is 14.3 Å². The minimum atomic E-state index is -0.688. The van der Waals surface area contributed by atoms with Crippen molar-refractivity contribution in [2.75, 3.05) is 0 Å². The SMILES string of the molecule is CCn1c(-c2ccc(OC(C)(C)CC(C)(C)OC(=O)C(C)(CC(C)(C)C)C(C)(C)C)cc2)cc2ccccc21. The number of rotatable bonds is 9. The summed E-state index contributed by atoms with van der Waals surface area (Å²) < 4.78 is 15.1. The second kappa shape index (κ2) is 10.7. The third-order valence-electron chi connectivity index (χ3n) is 7.88. The number of esters is 1. The second-order valence-corrected chi connectivity index (χ2v) is 14.9. The normalized spacial score (nSPS) is 14.8. The fourth-order valence-corrected chi connectivity index (χ4v) is 5.97. The minimum absolute atomic E-state index is 0.00519. The molecule has 4 heteroatoms. The number of aryl methyl sites for hydroxylation is 1. The highest BCUT2D eigenvalue weighted by molar-refractivity contribution is 5.87. The average Bonchev–Trinajstić information content (AvgIpc) is 3.14. The quantitative estimate of drug-likeness (QED) is 0.257. The number of aromatic nitrogens is 1. The number of nitrogens with zero attached hydrogens (tertiary/aromatic N) is 1. The first kappa shape index (κ1) is 30.8. The van der Waals surface area contributed by atoms with E-state index in [-0.39, 0.29) is 16.8 Å². The lowest BCUT2D eigenvalue weighted by molar-refractivity contribution is -0.181. The number of hydrogen-bond acceptors (Lipinski definition) is 3. The van der Waals surface area contributed by atoms with E-state index in [1.165, 1.54) is 16.6 Å². The molecule has 39 heavy (non-hydrogen) atoms.